The molecule has 10 aromatic carbocycles. The number of rotatable bonds is 6. The summed E-state index contributed by atoms with van der Waals surface area (Å²) in [4.78, 5) is 10.9. The molecule has 0 fully saturated rings. The smallest absolute Gasteiger partial charge is 0.212 e. The van der Waals surface area contributed by atoms with Gasteiger partial charge in [-0.25, -0.2) is 4.99 Å². The molecule has 14 rings (SSSR count). The first kappa shape index (κ1) is 39.0. The molecular weight excluding hydrogens is 841 g/mol. The molecule has 3 aromatic heterocycles. The van der Waals surface area contributed by atoms with E-state index in [0.29, 0.717) is 11.8 Å². The molecule has 4 heterocycles. The molecule has 324 valence electrons. The van der Waals surface area contributed by atoms with Crippen molar-refractivity contribution in [2.75, 3.05) is 0 Å². The highest BCUT2D eigenvalue weighted by atomic mass is 15.3. The van der Waals surface area contributed by atoms with E-state index < -0.39 is 6.17 Å². The van der Waals surface area contributed by atoms with E-state index in [1.54, 1.807) is 0 Å². The van der Waals surface area contributed by atoms with E-state index in [2.05, 4.69) is 262 Å². The van der Waals surface area contributed by atoms with Crippen molar-refractivity contribution in [3.05, 3.63) is 254 Å². The maximum atomic E-state index is 5.52. The summed E-state index contributed by atoms with van der Waals surface area (Å²) in [5.74, 6) is 1.38. The van der Waals surface area contributed by atoms with Crippen molar-refractivity contribution in [3.8, 4) is 33.6 Å². The van der Waals surface area contributed by atoms with E-state index in [1.807, 2.05) is 0 Å². The second-order valence-corrected chi connectivity index (χ2v) is 17.8. The molecule has 0 saturated heterocycles. The molecule has 0 spiro atoms. The molecule has 13 aromatic rings. The van der Waals surface area contributed by atoms with Gasteiger partial charge in [-0.3, -0.25) is 4.57 Å². The number of aliphatic imine (C=N–C) groups is 2. The molecule has 6 nitrogen and oxygen atoms in total. The summed E-state index contributed by atoms with van der Waals surface area (Å²) < 4.78 is 7.32. The van der Waals surface area contributed by atoms with Gasteiger partial charge in [-0.2, -0.15) is 4.99 Å². The van der Waals surface area contributed by atoms with Gasteiger partial charge in [0.2, 0.25) is 5.96 Å². The monoisotopic (exact) mass is 882 g/mol. The number of nitrogens with zero attached hydrogens (tertiary/aromatic N) is 5. The van der Waals surface area contributed by atoms with Crippen LogP contribution >= 0.6 is 0 Å². The van der Waals surface area contributed by atoms with Crippen molar-refractivity contribution < 1.29 is 0 Å². The number of amidine groups is 1. The van der Waals surface area contributed by atoms with Crippen LogP contribution in [0.15, 0.2) is 253 Å². The zero-order chi connectivity index (χ0) is 45.4. The first-order valence-corrected chi connectivity index (χ1v) is 23.5. The van der Waals surface area contributed by atoms with Crippen molar-refractivity contribution in [2.45, 2.75) is 6.17 Å². The molecule has 1 N–H and O–H groups in total. The van der Waals surface area contributed by atoms with E-state index in [9.17, 15) is 0 Å². The number of hydrogen-bond donors (Lipinski definition) is 1. The molecule has 69 heavy (non-hydrogen) atoms. The Hall–Kier alpha value is -9.26. The lowest BCUT2D eigenvalue weighted by Gasteiger charge is -2.25. The molecule has 0 aliphatic carbocycles. The number of benzene rings is 10. The molecule has 6 heteroatoms. The normalized spacial score (nSPS) is 13.9. The van der Waals surface area contributed by atoms with E-state index >= 15 is 0 Å². The summed E-state index contributed by atoms with van der Waals surface area (Å²) in [7, 11) is 0. The van der Waals surface area contributed by atoms with E-state index in [1.165, 1.54) is 21.7 Å². The van der Waals surface area contributed by atoms with E-state index in [4.69, 9.17) is 9.98 Å². The van der Waals surface area contributed by atoms with Crippen LogP contribution in [0, 0.1) is 0 Å². The molecule has 0 amide bonds. The average molecular weight is 883 g/mol. The summed E-state index contributed by atoms with van der Waals surface area (Å²) >= 11 is 0. The lowest BCUT2D eigenvalue weighted by Crippen LogP contribution is -2.37. The number of aromatic nitrogens is 3. The summed E-state index contributed by atoms with van der Waals surface area (Å²) in [6, 6.07) is 87.0. The Morgan fingerprint density at radius 2 is 0.826 bits per heavy atom. The van der Waals surface area contributed by atoms with Crippen LogP contribution in [0.25, 0.3) is 99.0 Å². The quantitative estimate of drug-likeness (QED) is 0.178. The van der Waals surface area contributed by atoms with Crippen LogP contribution < -0.4 is 5.32 Å². The van der Waals surface area contributed by atoms with Gasteiger partial charge in [0.05, 0.1) is 38.8 Å². The Morgan fingerprint density at radius 3 is 1.46 bits per heavy atom. The highest BCUT2D eigenvalue weighted by molar-refractivity contribution is 6.27. The largest absolute Gasteiger partial charge is 0.330 e. The van der Waals surface area contributed by atoms with Gasteiger partial charge in [-0.1, -0.05) is 200 Å². The lowest BCUT2D eigenvalue weighted by molar-refractivity contribution is 0.661. The highest BCUT2D eigenvalue weighted by Gasteiger charge is 2.28. The molecule has 0 bridgehead atoms. The number of para-hydroxylation sites is 4. The third-order valence-electron chi connectivity index (χ3n) is 13.9. The summed E-state index contributed by atoms with van der Waals surface area (Å²) in [5, 5.41) is 10.9. The maximum absolute atomic E-state index is 5.52. The van der Waals surface area contributed by atoms with Gasteiger partial charge in [0, 0.05) is 43.6 Å². The molecule has 1 aliphatic heterocycles. The molecule has 0 radical (unpaired) electrons. The molecule has 1 unspecified atom stereocenters. The summed E-state index contributed by atoms with van der Waals surface area (Å²) in [6.45, 7) is 0. The van der Waals surface area contributed by atoms with Gasteiger partial charge in [-0.15, -0.1) is 0 Å². The van der Waals surface area contributed by atoms with Crippen LogP contribution in [0.3, 0.4) is 0 Å². The molecule has 1 atom stereocenters. The SMILES string of the molecule is c1ccc(-c2ccc(C3=NC(c4ccccc4)NC(n4c5ccccc5c5ccc6c7ccccc7n(-c7cc(-c8ccccc8)cc8c7c7ccccc7n8-c7ccccc7)c6c54)=N3)cc2)cc1. The summed E-state index contributed by atoms with van der Waals surface area (Å²) in [6.07, 6.45) is -0.393. The minimum atomic E-state index is -0.393. The third kappa shape index (κ3) is 6.19. The first-order chi connectivity index (χ1) is 34.2. The van der Waals surface area contributed by atoms with Crippen molar-refractivity contribution in [3.63, 3.8) is 0 Å². The zero-order valence-corrected chi connectivity index (χ0v) is 37.4. The van der Waals surface area contributed by atoms with Gasteiger partial charge < -0.3 is 14.5 Å². The van der Waals surface area contributed by atoms with Crippen molar-refractivity contribution in [1.29, 1.82) is 0 Å². The minimum absolute atomic E-state index is 0.393. The van der Waals surface area contributed by atoms with Crippen LogP contribution in [-0.2, 0) is 0 Å². The standard InChI is InChI=1S/C63H42N6/c1-5-19-41(20-6-1)43-33-35-45(36-34-43)62-64-61(44-23-9-3-10-24-44)65-63(66-62)69-54-31-17-14-28-49(54)51-38-37-50-48-27-13-16-30-53(48)68(59(50)60(51)69)57-40-46(42-21-7-2-8-22-42)39-56-58(57)52-29-15-18-32-55(52)67(56)47-25-11-4-12-26-47/h1-40,61H,(H,64,65,66). The lowest BCUT2D eigenvalue weighted by atomic mass is 10.0. The van der Waals surface area contributed by atoms with Crippen molar-refractivity contribution in [2.24, 2.45) is 9.98 Å². The number of hydrogen-bond acceptors (Lipinski definition) is 3. The third-order valence-corrected chi connectivity index (χ3v) is 13.9. The van der Waals surface area contributed by atoms with Crippen LogP contribution in [-0.4, -0.2) is 25.5 Å². The fourth-order valence-electron chi connectivity index (χ4n) is 10.8. The second-order valence-electron chi connectivity index (χ2n) is 17.8. The fourth-order valence-corrected chi connectivity index (χ4v) is 10.8. The topological polar surface area (TPSA) is 51.5 Å². The zero-order valence-electron chi connectivity index (χ0n) is 37.4. The van der Waals surface area contributed by atoms with E-state index in [0.717, 1.165) is 88.5 Å². The maximum Gasteiger partial charge on any atom is 0.212 e. The van der Waals surface area contributed by atoms with Gasteiger partial charge in [0.25, 0.3) is 0 Å². The predicted molar refractivity (Wildman–Crippen MR) is 287 cm³/mol. The molecule has 0 saturated carbocycles. The van der Waals surface area contributed by atoms with Crippen molar-refractivity contribution in [1.82, 2.24) is 19.0 Å². The van der Waals surface area contributed by atoms with Gasteiger partial charge >= 0.3 is 0 Å². The van der Waals surface area contributed by atoms with Crippen LogP contribution in [0.4, 0.5) is 0 Å². The van der Waals surface area contributed by atoms with Crippen LogP contribution in [0.2, 0.25) is 0 Å². The van der Waals surface area contributed by atoms with Gasteiger partial charge in [-0.05, 0) is 70.3 Å². The Morgan fingerprint density at radius 1 is 0.348 bits per heavy atom. The summed E-state index contributed by atoms with van der Waals surface area (Å²) in [5.41, 5.74) is 15.5. The van der Waals surface area contributed by atoms with Gasteiger partial charge in [0.1, 0.15) is 6.17 Å². The van der Waals surface area contributed by atoms with Gasteiger partial charge in [0.15, 0.2) is 5.84 Å². The molecule has 1 aliphatic rings. The number of nitrogens with one attached hydrogen (secondary N) is 1. The first-order valence-electron chi connectivity index (χ1n) is 23.5. The van der Waals surface area contributed by atoms with Crippen molar-refractivity contribution >= 4 is 77.2 Å². The van der Waals surface area contributed by atoms with Crippen LogP contribution in [0.1, 0.15) is 17.3 Å². The Labute approximate surface area is 398 Å². The number of fused-ring (bicyclic) bond motifs is 10. The predicted octanol–water partition coefficient (Wildman–Crippen LogP) is 15.3. The van der Waals surface area contributed by atoms with Crippen LogP contribution in [0.5, 0.6) is 0 Å². The molecular formula is C63H42N6. The fraction of sp³-hybridized carbons (Fsp3) is 0.0159. The van der Waals surface area contributed by atoms with E-state index in [-0.39, 0.29) is 0 Å². The second kappa shape index (κ2) is 15.7. The Balaban J connectivity index is 1.10. The average Bonchev–Trinajstić information content (AvgIpc) is 4.07. The highest BCUT2D eigenvalue weighted by Crippen LogP contribution is 2.45. The Bertz CT molecular complexity index is 4180. The minimum Gasteiger partial charge on any atom is -0.330 e. The Kier molecular flexibility index (Phi) is 8.86.